The first-order valence-corrected chi connectivity index (χ1v) is 10.1. The number of hydrogen-bond acceptors (Lipinski definition) is 4. The number of aryl methyl sites for hydroxylation is 1. The zero-order chi connectivity index (χ0) is 17.7. The van der Waals surface area contributed by atoms with E-state index in [1.165, 1.54) is 10.4 Å². The molecule has 1 aliphatic rings. The highest BCUT2D eigenvalue weighted by atomic mass is 79.9. The second-order valence-electron chi connectivity index (χ2n) is 7.01. The van der Waals surface area contributed by atoms with Crippen molar-refractivity contribution in [1.29, 1.82) is 0 Å². The topological polar surface area (TPSA) is 49.0 Å². The minimum atomic E-state index is -0.0140. The lowest BCUT2D eigenvalue weighted by molar-refractivity contribution is 0.509. The fourth-order valence-corrected chi connectivity index (χ4v) is 5.62. The first-order valence-electron chi connectivity index (χ1n) is 8.46. The highest BCUT2D eigenvalue weighted by Gasteiger charge is 2.23. The number of thiophene rings is 1. The van der Waals surface area contributed by atoms with Crippen LogP contribution in [-0.2, 0) is 12.8 Å². The molecule has 0 bridgehead atoms. The lowest BCUT2D eigenvalue weighted by Gasteiger charge is -2.17. The van der Waals surface area contributed by atoms with Gasteiger partial charge in [0.1, 0.15) is 10.7 Å². The van der Waals surface area contributed by atoms with Gasteiger partial charge in [-0.15, -0.1) is 11.3 Å². The molecule has 4 nitrogen and oxygen atoms in total. The largest absolute Gasteiger partial charge is 0.377 e. The van der Waals surface area contributed by atoms with Gasteiger partial charge in [-0.3, -0.25) is 4.79 Å². The van der Waals surface area contributed by atoms with Crippen LogP contribution in [0.3, 0.4) is 0 Å². The number of H-pyrrole nitrogens is 1. The predicted molar refractivity (Wildman–Crippen MR) is 109 cm³/mol. The molecule has 0 fully saturated rings. The summed E-state index contributed by atoms with van der Waals surface area (Å²) in [5.41, 5.74) is 3.21. The molecule has 2 heterocycles. The molecule has 3 aromatic rings. The summed E-state index contributed by atoms with van der Waals surface area (Å²) in [5.74, 6) is 1.32. The van der Waals surface area contributed by atoms with Crippen LogP contribution in [0.1, 0.15) is 23.8 Å². The minimum Gasteiger partial charge on any atom is -0.377 e. The fourth-order valence-electron chi connectivity index (χ4n) is 3.50. The van der Waals surface area contributed by atoms with Crippen molar-refractivity contribution in [3.8, 4) is 11.4 Å². The Kier molecular flexibility index (Phi) is 4.20. The van der Waals surface area contributed by atoms with Gasteiger partial charge in [0.25, 0.3) is 5.56 Å². The number of aromatic amines is 1. The third-order valence-electron chi connectivity index (χ3n) is 4.87. The highest BCUT2D eigenvalue weighted by Crippen LogP contribution is 2.36. The van der Waals surface area contributed by atoms with Crippen molar-refractivity contribution in [2.75, 3.05) is 19.0 Å². The molecule has 0 saturated heterocycles. The second kappa shape index (κ2) is 6.25. The van der Waals surface area contributed by atoms with Crippen LogP contribution in [0, 0.1) is 5.92 Å². The van der Waals surface area contributed by atoms with E-state index in [1.54, 1.807) is 11.3 Å². The minimum absolute atomic E-state index is 0.0140. The van der Waals surface area contributed by atoms with Gasteiger partial charge >= 0.3 is 0 Å². The van der Waals surface area contributed by atoms with Crippen molar-refractivity contribution in [2.24, 2.45) is 5.92 Å². The normalized spacial score (nSPS) is 16.9. The quantitative estimate of drug-likeness (QED) is 0.662. The van der Waals surface area contributed by atoms with Crippen molar-refractivity contribution in [2.45, 2.75) is 26.2 Å². The Morgan fingerprint density at radius 2 is 2.16 bits per heavy atom. The second-order valence-corrected chi connectivity index (χ2v) is 8.95. The Bertz CT molecular complexity index is 1020. The predicted octanol–water partition coefficient (Wildman–Crippen LogP) is 4.60. The summed E-state index contributed by atoms with van der Waals surface area (Å²) in [6.45, 7) is 2.28. The van der Waals surface area contributed by atoms with Gasteiger partial charge in [0, 0.05) is 29.0 Å². The molecule has 1 aromatic carbocycles. The van der Waals surface area contributed by atoms with E-state index in [0.29, 0.717) is 11.7 Å². The molecule has 1 unspecified atom stereocenters. The van der Waals surface area contributed by atoms with Gasteiger partial charge in [-0.1, -0.05) is 6.92 Å². The summed E-state index contributed by atoms with van der Waals surface area (Å²) >= 11 is 5.30. The van der Waals surface area contributed by atoms with Crippen molar-refractivity contribution >= 4 is 43.2 Å². The van der Waals surface area contributed by atoms with Gasteiger partial charge in [-0.25, -0.2) is 4.98 Å². The molecule has 6 heteroatoms. The van der Waals surface area contributed by atoms with Crippen molar-refractivity contribution in [1.82, 2.24) is 9.97 Å². The number of aromatic nitrogens is 2. The highest BCUT2D eigenvalue weighted by molar-refractivity contribution is 9.10. The lowest BCUT2D eigenvalue weighted by atomic mass is 9.89. The maximum atomic E-state index is 12.7. The maximum absolute atomic E-state index is 12.7. The summed E-state index contributed by atoms with van der Waals surface area (Å²) < 4.78 is 0.983. The molecule has 130 valence electrons. The average Bonchev–Trinajstić information content (AvgIpc) is 2.91. The molecule has 0 aliphatic heterocycles. The monoisotopic (exact) mass is 417 g/mol. The number of hydrogen-bond donors (Lipinski definition) is 1. The van der Waals surface area contributed by atoms with Crippen LogP contribution in [0.5, 0.6) is 0 Å². The van der Waals surface area contributed by atoms with Gasteiger partial charge in [-0.2, -0.15) is 0 Å². The Morgan fingerprint density at radius 3 is 2.88 bits per heavy atom. The molecule has 25 heavy (non-hydrogen) atoms. The summed E-state index contributed by atoms with van der Waals surface area (Å²) in [6, 6.07) is 6.04. The molecule has 0 saturated carbocycles. The number of nitrogens with zero attached hydrogens (tertiary/aromatic N) is 2. The van der Waals surface area contributed by atoms with Crippen LogP contribution in [0.25, 0.3) is 21.6 Å². The molecule has 0 amide bonds. The average molecular weight is 418 g/mol. The van der Waals surface area contributed by atoms with Crippen LogP contribution in [0.4, 0.5) is 5.69 Å². The third-order valence-corrected chi connectivity index (χ3v) is 6.65. The van der Waals surface area contributed by atoms with E-state index in [0.717, 1.165) is 45.2 Å². The molecule has 1 atom stereocenters. The molecule has 0 spiro atoms. The number of nitrogens with one attached hydrogen (secondary N) is 1. The van der Waals surface area contributed by atoms with Crippen LogP contribution < -0.4 is 10.5 Å². The van der Waals surface area contributed by atoms with Crippen LogP contribution in [-0.4, -0.2) is 24.1 Å². The van der Waals surface area contributed by atoms with Crippen LogP contribution >= 0.6 is 27.3 Å². The van der Waals surface area contributed by atoms with E-state index < -0.39 is 0 Å². The summed E-state index contributed by atoms with van der Waals surface area (Å²) in [4.78, 5) is 24.8. The SMILES string of the molecule is CC1CCc2c(sc3nc(-c4ccc(N(C)C)c(Br)c4)[nH]c(=O)c23)C1. The Balaban J connectivity index is 1.84. The summed E-state index contributed by atoms with van der Waals surface area (Å²) in [6.07, 6.45) is 3.21. The van der Waals surface area contributed by atoms with E-state index in [9.17, 15) is 4.79 Å². The van der Waals surface area contributed by atoms with E-state index in [4.69, 9.17) is 4.98 Å². The molecule has 2 aromatic heterocycles. The third kappa shape index (κ3) is 2.91. The number of fused-ring (bicyclic) bond motifs is 3. The van der Waals surface area contributed by atoms with E-state index in [2.05, 4.69) is 27.8 Å². The summed E-state index contributed by atoms with van der Waals surface area (Å²) in [5, 5.41) is 0.805. The lowest BCUT2D eigenvalue weighted by Crippen LogP contribution is -2.13. The Labute approximate surface area is 159 Å². The van der Waals surface area contributed by atoms with Gasteiger partial charge in [-0.05, 0) is 64.9 Å². The zero-order valence-corrected chi connectivity index (χ0v) is 16.9. The van der Waals surface area contributed by atoms with Gasteiger partial charge in [0.15, 0.2) is 0 Å². The van der Waals surface area contributed by atoms with Crippen molar-refractivity contribution < 1.29 is 0 Å². The van der Waals surface area contributed by atoms with E-state index >= 15 is 0 Å². The fraction of sp³-hybridized carbons (Fsp3) is 0.368. The van der Waals surface area contributed by atoms with Gasteiger partial charge in [0.05, 0.1) is 11.1 Å². The van der Waals surface area contributed by atoms with Crippen LogP contribution in [0.2, 0.25) is 0 Å². The number of anilines is 1. The molecular formula is C19H20BrN3OS. The smallest absolute Gasteiger partial charge is 0.260 e. The number of benzene rings is 1. The molecule has 1 aliphatic carbocycles. The van der Waals surface area contributed by atoms with Crippen LogP contribution in [0.15, 0.2) is 27.5 Å². The Morgan fingerprint density at radius 1 is 1.36 bits per heavy atom. The molecule has 1 N–H and O–H groups in total. The zero-order valence-electron chi connectivity index (χ0n) is 14.5. The maximum Gasteiger partial charge on any atom is 0.260 e. The first-order chi connectivity index (χ1) is 11.9. The summed E-state index contributed by atoms with van der Waals surface area (Å²) in [7, 11) is 4.01. The standard InChI is InChI=1S/C19H20BrN3OS/c1-10-4-6-12-15(8-10)25-19-16(12)18(24)21-17(22-19)11-5-7-14(23(2)3)13(20)9-11/h5,7,9-10H,4,6,8H2,1-3H3,(H,21,22,24). The van der Waals surface area contributed by atoms with E-state index in [-0.39, 0.29) is 5.56 Å². The molecule has 4 rings (SSSR count). The Hall–Kier alpha value is -1.66. The van der Waals surface area contributed by atoms with Gasteiger partial charge < -0.3 is 9.88 Å². The first kappa shape index (κ1) is 16.8. The van der Waals surface area contributed by atoms with Crippen molar-refractivity contribution in [3.63, 3.8) is 0 Å². The number of rotatable bonds is 2. The van der Waals surface area contributed by atoms with Gasteiger partial charge in [0.2, 0.25) is 0 Å². The molecular weight excluding hydrogens is 398 g/mol. The number of halogens is 1. The molecule has 0 radical (unpaired) electrons. The van der Waals surface area contributed by atoms with Crippen molar-refractivity contribution in [3.05, 3.63) is 43.5 Å². The van der Waals surface area contributed by atoms with E-state index in [1.807, 2.05) is 37.2 Å².